The van der Waals surface area contributed by atoms with Gasteiger partial charge < -0.3 is 5.73 Å². The highest BCUT2D eigenvalue weighted by Gasteiger charge is 2.21. The van der Waals surface area contributed by atoms with Crippen molar-refractivity contribution in [2.24, 2.45) is 26.2 Å². The highest BCUT2D eigenvalue weighted by molar-refractivity contribution is 7.94. The number of hydrogen-bond donors (Lipinski definition) is 3. The summed E-state index contributed by atoms with van der Waals surface area (Å²) >= 11 is 0.752. The van der Waals surface area contributed by atoms with Gasteiger partial charge in [-0.15, -0.1) is 4.33 Å². The lowest BCUT2D eigenvalue weighted by atomic mass is 10.2. The van der Waals surface area contributed by atoms with E-state index >= 15 is 0 Å². The molecule has 31 heavy (non-hydrogen) atoms. The molecular formula is C16H15N5O8S2. The first-order chi connectivity index (χ1) is 14.6. The van der Waals surface area contributed by atoms with E-state index in [1.807, 2.05) is 0 Å². The molecule has 0 saturated carbocycles. The number of nitrogens with zero attached hydrogens (tertiary/aromatic N) is 4. The Morgan fingerprint density at radius 2 is 1.68 bits per heavy atom. The molecule has 164 valence electrons. The van der Waals surface area contributed by atoms with E-state index in [-0.39, 0.29) is 11.4 Å². The standard InChI is InChI=1S/C16H15N5O8S2/c1-9(22)15(16(17)23)21-20-13-7-4-11(8-14(13)31(25,26)27)19-18-10-2-5-12(6-3-10)30-29-28-24/h2-8,15,24H,1H3,(H2,17,23)(H,25,26,27). The number of benzene rings is 2. The van der Waals surface area contributed by atoms with Crippen LogP contribution in [0.1, 0.15) is 6.92 Å². The predicted octanol–water partition coefficient (Wildman–Crippen LogP) is 3.30. The Morgan fingerprint density at radius 3 is 2.23 bits per heavy atom. The first-order valence-electron chi connectivity index (χ1n) is 8.10. The lowest BCUT2D eigenvalue weighted by molar-refractivity contribution is -0.432. The molecule has 2 aromatic carbocycles. The fourth-order valence-electron chi connectivity index (χ4n) is 2.05. The molecule has 0 saturated heterocycles. The fourth-order valence-corrected chi connectivity index (χ4v) is 3.05. The van der Waals surface area contributed by atoms with Gasteiger partial charge in [0, 0.05) is 4.90 Å². The predicted molar refractivity (Wildman–Crippen MR) is 106 cm³/mol. The Kier molecular flexibility index (Phi) is 8.43. The molecule has 0 aliphatic rings. The van der Waals surface area contributed by atoms with Gasteiger partial charge in [-0.2, -0.15) is 28.9 Å². The normalized spacial score (nSPS) is 13.0. The molecule has 0 aromatic heterocycles. The van der Waals surface area contributed by atoms with Crippen LogP contribution in [0.2, 0.25) is 0 Å². The molecule has 2 rings (SSSR count). The number of hydrogen-bond acceptors (Lipinski definition) is 12. The largest absolute Gasteiger partial charge is 0.367 e. The maximum atomic E-state index is 11.7. The number of nitrogens with two attached hydrogens (primary N) is 1. The minimum absolute atomic E-state index is 0.0556. The van der Waals surface area contributed by atoms with Crippen LogP contribution in [-0.4, -0.2) is 36.0 Å². The van der Waals surface area contributed by atoms with Crippen molar-refractivity contribution in [3.8, 4) is 0 Å². The lowest BCUT2D eigenvalue weighted by Gasteiger charge is -2.05. The average molecular weight is 469 g/mol. The van der Waals surface area contributed by atoms with E-state index in [1.54, 1.807) is 24.3 Å². The molecule has 0 radical (unpaired) electrons. The van der Waals surface area contributed by atoms with Gasteiger partial charge in [0.1, 0.15) is 10.6 Å². The topological polar surface area (TPSA) is 203 Å². The smallest absolute Gasteiger partial charge is 0.296 e. The van der Waals surface area contributed by atoms with Gasteiger partial charge in [0.05, 0.1) is 23.4 Å². The molecule has 0 spiro atoms. The molecule has 0 aliphatic carbocycles. The zero-order valence-electron chi connectivity index (χ0n) is 15.6. The number of primary amides is 1. The van der Waals surface area contributed by atoms with Crippen molar-refractivity contribution >= 4 is 50.9 Å². The number of carbonyl (C=O) groups is 2. The molecule has 4 N–H and O–H groups in total. The summed E-state index contributed by atoms with van der Waals surface area (Å²) in [6, 6.07) is 8.18. The first kappa shape index (κ1) is 24.2. The van der Waals surface area contributed by atoms with Gasteiger partial charge in [0.2, 0.25) is 6.04 Å². The quantitative estimate of drug-likeness (QED) is 0.116. The van der Waals surface area contributed by atoms with E-state index in [4.69, 9.17) is 11.0 Å². The highest BCUT2D eigenvalue weighted by atomic mass is 32.2. The molecule has 1 atom stereocenters. The Bertz CT molecular complexity index is 1110. The highest BCUT2D eigenvalue weighted by Crippen LogP contribution is 2.30. The summed E-state index contributed by atoms with van der Waals surface area (Å²) < 4.78 is 37.1. The van der Waals surface area contributed by atoms with E-state index in [9.17, 15) is 22.6 Å². The SMILES string of the molecule is CC(=O)C(N=Nc1ccc(N=Nc2ccc(SOOO)cc2)cc1S(=O)(=O)O)C(N)=O. The number of ketones is 1. The monoisotopic (exact) mass is 469 g/mol. The molecular weight excluding hydrogens is 454 g/mol. The summed E-state index contributed by atoms with van der Waals surface area (Å²) in [6.07, 6.45) is 0. The number of Topliss-reactive ketones (excluding diaryl/α,β-unsaturated/α-hetero) is 1. The summed E-state index contributed by atoms with van der Waals surface area (Å²) in [7, 11) is -4.75. The summed E-state index contributed by atoms with van der Waals surface area (Å²) in [5.41, 5.74) is 5.17. The van der Waals surface area contributed by atoms with Crippen molar-refractivity contribution in [3.05, 3.63) is 42.5 Å². The van der Waals surface area contributed by atoms with Crippen molar-refractivity contribution in [2.75, 3.05) is 0 Å². The summed E-state index contributed by atoms with van der Waals surface area (Å²) in [4.78, 5) is 22.5. The van der Waals surface area contributed by atoms with Gasteiger partial charge in [-0.05, 0) is 49.4 Å². The van der Waals surface area contributed by atoms with Crippen molar-refractivity contribution < 1.29 is 37.2 Å². The number of azo groups is 2. The molecule has 1 amide bonds. The Labute approximate surface area is 179 Å². The molecule has 1 unspecified atom stereocenters. The molecule has 0 fully saturated rings. The van der Waals surface area contributed by atoms with Crippen LogP contribution < -0.4 is 5.73 Å². The van der Waals surface area contributed by atoms with E-state index in [0.29, 0.717) is 10.6 Å². The van der Waals surface area contributed by atoms with Crippen LogP contribution in [0.5, 0.6) is 0 Å². The van der Waals surface area contributed by atoms with Crippen LogP contribution >= 0.6 is 12.0 Å². The average Bonchev–Trinajstić information content (AvgIpc) is 2.71. The second-order valence-electron chi connectivity index (χ2n) is 5.68. The second-order valence-corrected chi connectivity index (χ2v) is 7.84. The maximum absolute atomic E-state index is 11.7. The minimum Gasteiger partial charge on any atom is -0.367 e. The van der Waals surface area contributed by atoms with Crippen LogP contribution in [0, 0.1) is 0 Å². The molecule has 0 heterocycles. The third-order valence-electron chi connectivity index (χ3n) is 3.44. The third kappa shape index (κ3) is 7.28. The molecule has 13 nitrogen and oxygen atoms in total. The van der Waals surface area contributed by atoms with Gasteiger partial charge in [0.15, 0.2) is 5.78 Å². The van der Waals surface area contributed by atoms with Crippen LogP contribution in [0.3, 0.4) is 0 Å². The van der Waals surface area contributed by atoms with Crippen LogP contribution in [0.25, 0.3) is 0 Å². The molecule has 15 heteroatoms. The third-order valence-corrected chi connectivity index (χ3v) is 4.91. The number of rotatable bonds is 10. The van der Waals surface area contributed by atoms with Gasteiger partial charge in [-0.25, -0.2) is 5.26 Å². The maximum Gasteiger partial charge on any atom is 0.296 e. The van der Waals surface area contributed by atoms with Gasteiger partial charge in [-0.1, -0.05) is 5.04 Å². The van der Waals surface area contributed by atoms with Gasteiger partial charge in [0.25, 0.3) is 16.0 Å². The number of amides is 1. The van der Waals surface area contributed by atoms with Crippen LogP contribution in [-0.2, 0) is 29.1 Å². The van der Waals surface area contributed by atoms with Crippen molar-refractivity contribution in [1.82, 2.24) is 0 Å². The Balaban J connectivity index is 2.30. The van der Waals surface area contributed by atoms with Crippen molar-refractivity contribution in [1.29, 1.82) is 0 Å². The minimum atomic E-state index is -4.75. The van der Waals surface area contributed by atoms with E-state index in [2.05, 4.69) is 29.8 Å². The van der Waals surface area contributed by atoms with Crippen LogP contribution in [0.15, 0.2) is 72.7 Å². The second kappa shape index (κ2) is 10.8. The Hall–Kier alpha value is -3.08. The van der Waals surface area contributed by atoms with E-state index in [0.717, 1.165) is 31.1 Å². The van der Waals surface area contributed by atoms with Gasteiger partial charge >= 0.3 is 0 Å². The summed E-state index contributed by atoms with van der Waals surface area (Å²) in [6.45, 7) is 1.07. The first-order valence-corrected chi connectivity index (χ1v) is 10.3. The molecule has 0 bridgehead atoms. The summed E-state index contributed by atoms with van der Waals surface area (Å²) in [5, 5.41) is 26.4. The summed E-state index contributed by atoms with van der Waals surface area (Å²) in [5.74, 6) is -1.75. The molecule has 0 aliphatic heterocycles. The Morgan fingerprint density at radius 1 is 1.06 bits per heavy atom. The van der Waals surface area contributed by atoms with Gasteiger partial charge in [-0.3, -0.25) is 14.1 Å². The zero-order valence-corrected chi connectivity index (χ0v) is 17.3. The molecule has 2 aromatic rings. The van der Waals surface area contributed by atoms with E-state index in [1.165, 1.54) is 6.07 Å². The van der Waals surface area contributed by atoms with E-state index < -0.39 is 32.7 Å². The van der Waals surface area contributed by atoms with Crippen molar-refractivity contribution in [3.63, 3.8) is 0 Å². The zero-order chi connectivity index (χ0) is 23.0. The lowest BCUT2D eigenvalue weighted by Crippen LogP contribution is -2.32. The fraction of sp³-hybridized carbons (Fsp3) is 0.125. The van der Waals surface area contributed by atoms with Crippen molar-refractivity contribution in [2.45, 2.75) is 22.8 Å². The number of carbonyl (C=O) groups excluding carboxylic acids is 2. The van der Waals surface area contributed by atoms with Crippen LogP contribution in [0.4, 0.5) is 17.1 Å².